The molecule has 1 aliphatic carbocycles. The first-order valence-corrected chi connectivity index (χ1v) is 13.6. The molecule has 1 saturated heterocycles. The van der Waals surface area contributed by atoms with Gasteiger partial charge in [-0.15, -0.1) is 0 Å². The van der Waals surface area contributed by atoms with Crippen LogP contribution in [0.25, 0.3) is 22.3 Å². The summed E-state index contributed by atoms with van der Waals surface area (Å²) < 4.78 is 36.4. The average Bonchev–Trinajstić information content (AvgIpc) is 3.30. The Morgan fingerprint density at radius 1 is 1.27 bits per heavy atom. The van der Waals surface area contributed by atoms with Gasteiger partial charge in [0.15, 0.2) is 5.60 Å². The third-order valence-corrected chi connectivity index (χ3v) is 9.22. The van der Waals surface area contributed by atoms with Crippen LogP contribution in [-0.4, -0.2) is 51.8 Å². The van der Waals surface area contributed by atoms with E-state index in [1.807, 2.05) is 0 Å². The number of carbonyl (C=O) groups excluding carboxylic acids is 2. The van der Waals surface area contributed by atoms with Crippen molar-refractivity contribution in [2.45, 2.75) is 63.4 Å². The largest absolute Gasteiger partial charge is 0.458 e. The fourth-order valence-electron chi connectivity index (χ4n) is 6.73. The summed E-state index contributed by atoms with van der Waals surface area (Å²) >= 11 is 0. The van der Waals surface area contributed by atoms with E-state index in [1.165, 1.54) is 6.07 Å². The van der Waals surface area contributed by atoms with Gasteiger partial charge in [-0.3, -0.25) is 9.59 Å². The first-order valence-electron chi connectivity index (χ1n) is 13.6. The number of benzene rings is 1. The van der Waals surface area contributed by atoms with Gasteiger partial charge in [0.05, 0.1) is 29.0 Å². The number of amides is 1. The molecule has 5 heterocycles. The fraction of sp³-hybridized carbons (Fsp3) is 0.448. The molecule has 0 bridgehead atoms. The van der Waals surface area contributed by atoms with Gasteiger partial charge in [0.1, 0.15) is 12.4 Å². The Hall–Kier alpha value is -3.70. The molecule has 2 atom stereocenters. The molecular formula is C29H28F2N4O5. The minimum absolute atomic E-state index is 0.0200. The summed E-state index contributed by atoms with van der Waals surface area (Å²) in [5.74, 6) is -2.07. The Kier molecular flexibility index (Phi) is 5.31. The molecule has 0 unspecified atom stereocenters. The highest BCUT2D eigenvalue weighted by molar-refractivity contribution is 5.93. The molecule has 3 aromatic rings. The van der Waals surface area contributed by atoms with Gasteiger partial charge in [-0.1, -0.05) is 6.92 Å². The number of fused-ring (bicyclic) bond motifs is 5. The number of cyclic esters (lactones) is 1. The molecule has 0 saturated carbocycles. The van der Waals surface area contributed by atoms with Crippen molar-refractivity contribution in [2.24, 2.45) is 0 Å². The van der Waals surface area contributed by atoms with Crippen molar-refractivity contribution in [1.82, 2.24) is 20.2 Å². The van der Waals surface area contributed by atoms with Crippen molar-refractivity contribution < 1.29 is 28.2 Å². The van der Waals surface area contributed by atoms with Gasteiger partial charge in [0.25, 0.3) is 11.5 Å². The molecule has 1 aromatic carbocycles. The lowest BCUT2D eigenvalue weighted by atomic mass is 9.78. The zero-order valence-corrected chi connectivity index (χ0v) is 22.1. The van der Waals surface area contributed by atoms with Gasteiger partial charge in [0, 0.05) is 48.1 Å². The number of alkyl halides is 1. The van der Waals surface area contributed by atoms with Crippen LogP contribution in [0.1, 0.15) is 59.1 Å². The molecule has 11 heteroatoms. The van der Waals surface area contributed by atoms with Gasteiger partial charge in [-0.25, -0.2) is 18.6 Å². The zero-order valence-electron chi connectivity index (χ0n) is 22.1. The lowest BCUT2D eigenvalue weighted by molar-refractivity contribution is -0.172. The maximum atomic E-state index is 15.0. The molecule has 0 spiro atoms. The van der Waals surface area contributed by atoms with Crippen molar-refractivity contribution in [3.63, 3.8) is 0 Å². The number of nitrogens with one attached hydrogen (secondary N) is 2. The first-order chi connectivity index (χ1) is 19.1. The Balaban J connectivity index is 1.42. The highest BCUT2D eigenvalue weighted by Crippen LogP contribution is 2.46. The normalized spacial score (nSPS) is 23.6. The SMILES string of the molecule is CC[C@]1(O)C(=O)OCc2c1cc1n(c2=O)Cc2c-1nc1cc(F)c(C)c3c1c2[C@H](CNC(=O)C1(F)CNC1)CC3. The van der Waals surface area contributed by atoms with Crippen LogP contribution in [0.3, 0.4) is 0 Å². The lowest BCUT2D eigenvalue weighted by Crippen LogP contribution is -2.64. The van der Waals surface area contributed by atoms with E-state index in [0.717, 1.165) is 22.1 Å². The minimum atomic E-state index is -1.96. The molecule has 0 radical (unpaired) electrons. The average molecular weight is 551 g/mol. The molecule has 3 aliphatic heterocycles. The number of aliphatic hydroxyl groups is 1. The van der Waals surface area contributed by atoms with E-state index < -0.39 is 23.1 Å². The second kappa shape index (κ2) is 8.40. The molecule has 7 rings (SSSR count). The summed E-state index contributed by atoms with van der Waals surface area (Å²) in [6.07, 6.45) is 1.19. The highest BCUT2D eigenvalue weighted by Gasteiger charge is 2.47. The summed E-state index contributed by atoms with van der Waals surface area (Å²) in [6, 6.07) is 3.01. The van der Waals surface area contributed by atoms with E-state index in [-0.39, 0.29) is 67.6 Å². The summed E-state index contributed by atoms with van der Waals surface area (Å²) in [6.45, 7) is 3.44. The molecule has 3 N–H and O–H groups in total. The van der Waals surface area contributed by atoms with Crippen LogP contribution >= 0.6 is 0 Å². The van der Waals surface area contributed by atoms with Crippen LogP contribution in [0.2, 0.25) is 0 Å². The maximum Gasteiger partial charge on any atom is 0.343 e. The van der Waals surface area contributed by atoms with Crippen LogP contribution in [0.15, 0.2) is 16.9 Å². The Morgan fingerprint density at radius 2 is 2.05 bits per heavy atom. The van der Waals surface area contributed by atoms with Crippen molar-refractivity contribution in [1.29, 1.82) is 0 Å². The van der Waals surface area contributed by atoms with Gasteiger partial charge in [-0.05, 0) is 48.9 Å². The predicted octanol–water partition coefficient (Wildman–Crippen LogP) is 1.98. The summed E-state index contributed by atoms with van der Waals surface area (Å²) in [7, 11) is 0. The molecule has 9 nitrogen and oxygen atoms in total. The third kappa shape index (κ3) is 3.24. The number of nitrogens with zero attached hydrogens (tertiary/aromatic N) is 2. The number of halogens is 2. The Bertz CT molecular complexity index is 1730. The summed E-state index contributed by atoms with van der Waals surface area (Å²) in [5, 5.41) is 17.5. The quantitative estimate of drug-likeness (QED) is 0.332. The third-order valence-electron chi connectivity index (χ3n) is 9.22. The Morgan fingerprint density at radius 3 is 2.75 bits per heavy atom. The fourth-order valence-corrected chi connectivity index (χ4v) is 6.73. The molecule has 2 aromatic heterocycles. The lowest BCUT2D eigenvalue weighted by Gasteiger charge is -2.34. The number of hydrogen-bond donors (Lipinski definition) is 3. The monoisotopic (exact) mass is 550 g/mol. The summed E-state index contributed by atoms with van der Waals surface area (Å²) in [4.78, 5) is 43.6. The molecule has 1 fully saturated rings. The number of aryl methyl sites for hydroxylation is 1. The summed E-state index contributed by atoms with van der Waals surface area (Å²) in [5.41, 5.74) is 0.475. The highest BCUT2D eigenvalue weighted by atomic mass is 19.1. The second-order valence-corrected chi connectivity index (χ2v) is 11.3. The van der Waals surface area contributed by atoms with Crippen molar-refractivity contribution in [3.8, 4) is 11.4 Å². The molecular weight excluding hydrogens is 522 g/mol. The van der Waals surface area contributed by atoms with Crippen LogP contribution in [0, 0.1) is 12.7 Å². The van der Waals surface area contributed by atoms with Crippen LogP contribution in [-0.2, 0) is 39.5 Å². The van der Waals surface area contributed by atoms with Crippen molar-refractivity contribution in [2.75, 3.05) is 19.6 Å². The van der Waals surface area contributed by atoms with Gasteiger partial charge in [0.2, 0.25) is 5.67 Å². The predicted molar refractivity (Wildman–Crippen MR) is 140 cm³/mol. The number of hydrogen-bond acceptors (Lipinski definition) is 7. The topological polar surface area (TPSA) is 123 Å². The number of pyridine rings is 2. The molecule has 40 heavy (non-hydrogen) atoms. The van der Waals surface area contributed by atoms with E-state index in [1.54, 1.807) is 24.5 Å². The Labute approximate surface area is 227 Å². The number of ether oxygens (including phenoxy) is 1. The smallest absolute Gasteiger partial charge is 0.343 e. The van der Waals surface area contributed by atoms with Crippen LogP contribution < -0.4 is 16.2 Å². The van der Waals surface area contributed by atoms with Crippen molar-refractivity contribution in [3.05, 3.63) is 61.7 Å². The second-order valence-electron chi connectivity index (χ2n) is 11.3. The van der Waals surface area contributed by atoms with E-state index in [9.17, 15) is 23.9 Å². The number of aromatic nitrogens is 2. The standard InChI is InChI=1S/C29H28F2N4O5/c1-3-29(39)18-6-21-24-16(9-35(21)25(36)17(18)10-40-27(29)38)22-14(8-33-26(37)28(31)11-32-12-28)4-5-15-13(2)19(30)7-20(34-24)23(15)22/h6-7,14,32,39H,3-5,8-12H2,1-2H3,(H,33,37)/t14-,29+/m0/s1. The van der Waals surface area contributed by atoms with Gasteiger partial charge >= 0.3 is 5.97 Å². The van der Waals surface area contributed by atoms with Crippen LogP contribution in [0.5, 0.6) is 0 Å². The molecule has 208 valence electrons. The minimum Gasteiger partial charge on any atom is -0.458 e. The van der Waals surface area contributed by atoms with Crippen molar-refractivity contribution >= 4 is 22.8 Å². The maximum absolute atomic E-state index is 15.0. The van der Waals surface area contributed by atoms with E-state index >= 15 is 4.39 Å². The number of rotatable bonds is 4. The van der Waals surface area contributed by atoms with E-state index in [2.05, 4.69) is 10.6 Å². The number of esters is 1. The number of carbonyl (C=O) groups is 2. The van der Waals surface area contributed by atoms with Crippen LogP contribution in [0.4, 0.5) is 8.78 Å². The van der Waals surface area contributed by atoms with E-state index in [4.69, 9.17) is 9.72 Å². The molecule has 4 aliphatic rings. The van der Waals surface area contributed by atoms with Gasteiger partial charge in [-0.2, -0.15) is 0 Å². The zero-order chi connectivity index (χ0) is 28.1. The van der Waals surface area contributed by atoms with Gasteiger partial charge < -0.3 is 25.0 Å². The first kappa shape index (κ1) is 25.3. The van der Waals surface area contributed by atoms with E-state index in [0.29, 0.717) is 35.3 Å². The molecule has 1 amide bonds.